The number of nitrogens with one attached hydrogen (secondary N) is 1. The lowest BCUT2D eigenvalue weighted by atomic mass is 10.1. The highest BCUT2D eigenvalue weighted by Crippen LogP contribution is 2.06. The molecule has 3 heteroatoms. The number of amides is 1. The van der Waals surface area contributed by atoms with Crippen LogP contribution in [0.4, 0.5) is 0 Å². The third kappa shape index (κ3) is 3.50. The van der Waals surface area contributed by atoms with Gasteiger partial charge in [-0.05, 0) is 18.1 Å². The Hall–Kier alpha value is -0.830. The summed E-state index contributed by atoms with van der Waals surface area (Å²) < 4.78 is 0. The molecule has 0 radical (unpaired) electrons. The normalized spacial score (nSPS) is 9.86. The second-order valence-corrected chi connectivity index (χ2v) is 3.94. The number of rotatable bonds is 4. The van der Waals surface area contributed by atoms with Crippen molar-refractivity contribution >= 4 is 21.8 Å². The van der Waals surface area contributed by atoms with Crippen molar-refractivity contribution in [1.82, 2.24) is 5.32 Å². The summed E-state index contributed by atoms with van der Waals surface area (Å²) in [4.78, 5) is 11.2. The second-order valence-electron chi connectivity index (χ2n) is 3.14. The molecule has 2 nitrogen and oxygen atoms in total. The average Bonchev–Trinajstić information content (AvgIpc) is 2.17. The Labute approximate surface area is 92.8 Å². The highest BCUT2D eigenvalue weighted by molar-refractivity contribution is 9.09. The van der Waals surface area contributed by atoms with Gasteiger partial charge in [-0.25, -0.2) is 0 Å². The summed E-state index contributed by atoms with van der Waals surface area (Å²) in [7, 11) is 0. The third-order valence-corrected chi connectivity index (χ3v) is 2.46. The van der Waals surface area contributed by atoms with Gasteiger partial charge in [0.2, 0.25) is 5.91 Å². The van der Waals surface area contributed by atoms with E-state index in [0.29, 0.717) is 18.3 Å². The Morgan fingerprint density at radius 1 is 1.43 bits per heavy atom. The summed E-state index contributed by atoms with van der Waals surface area (Å²) in [6, 6.07) is 8.06. The fourth-order valence-electron chi connectivity index (χ4n) is 1.18. The van der Waals surface area contributed by atoms with E-state index >= 15 is 0 Å². The summed E-state index contributed by atoms with van der Waals surface area (Å²) >= 11 is 3.23. The molecule has 0 bridgehead atoms. The molecular formula is C11H14BrNO. The van der Waals surface area contributed by atoms with Crippen LogP contribution in [0.1, 0.15) is 17.5 Å². The molecule has 0 saturated carbocycles. The molecule has 0 spiro atoms. The summed E-state index contributed by atoms with van der Waals surface area (Å²) in [6.45, 7) is 2.67. The predicted octanol–water partition coefficient (Wildman–Crippen LogP) is 2.40. The lowest BCUT2D eigenvalue weighted by Crippen LogP contribution is -2.23. The van der Waals surface area contributed by atoms with Crippen LogP contribution < -0.4 is 5.32 Å². The van der Waals surface area contributed by atoms with Gasteiger partial charge in [0.25, 0.3) is 0 Å². The molecule has 0 aromatic heterocycles. The highest BCUT2D eigenvalue weighted by atomic mass is 79.9. The molecule has 0 aliphatic heterocycles. The standard InChI is InChI=1S/C11H14BrNO/c1-9-4-2-3-5-10(9)8-13-11(14)6-7-12/h2-5H,6-8H2,1H3,(H,13,14). The van der Waals surface area contributed by atoms with E-state index in [1.165, 1.54) is 11.1 Å². The number of halogens is 1. The fourth-order valence-corrected chi connectivity index (χ4v) is 1.54. The van der Waals surface area contributed by atoms with E-state index in [-0.39, 0.29) is 5.91 Å². The highest BCUT2D eigenvalue weighted by Gasteiger charge is 2.00. The molecule has 0 saturated heterocycles. The minimum absolute atomic E-state index is 0.0881. The van der Waals surface area contributed by atoms with Gasteiger partial charge in [0.05, 0.1) is 0 Å². The molecule has 0 atom stereocenters. The van der Waals surface area contributed by atoms with E-state index in [9.17, 15) is 4.79 Å². The Kier molecular flexibility index (Phi) is 4.66. The molecule has 0 aliphatic carbocycles. The molecule has 14 heavy (non-hydrogen) atoms. The van der Waals surface area contributed by atoms with Crippen LogP contribution in [-0.2, 0) is 11.3 Å². The van der Waals surface area contributed by atoms with Crippen molar-refractivity contribution in [2.75, 3.05) is 5.33 Å². The minimum atomic E-state index is 0.0881. The molecule has 1 aromatic carbocycles. The smallest absolute Gasteiger partial charge is 0.221 e. The van der Waals surface area contributed by atoms with Gasteiger partial charge in [-0.2, -0.15) is 0 Å². The van der Waals surface area contributed by atoms with Crippen LogP contribution in [0.2, 0.25) is 0 Å². The monoisotopic (exact) mass is 255 g/mol. The number of carbonyl (C=O) groups is 1. The summed E-state index contributed by atoms with van der Waals surface area (Å²) in [5.74, 6) is 0.0881. The molecule has 1 aromatic rings. The van der Waals surface area contributed by atoms with E-state index in [1.54, 1.807) is 0 Å². The molecule has 76 valence electrons. The van der Waals surface area contributed by atoms with Crippen molar-refractivity contribution in [3.8, 4) is 0 Å². The van der Waals surface area contributed by atoms with Crippen molar-refractivity contribution in [3.63, 3.8) is 0 Å². The molecule has 0 unspecified atom stereocenters. The molecule has 1 rings (SSSR count). The molecule has 0 aliphatic rings. The lowest BCUT2D eigenvalue weighted by molar-refractivity contribution is -0.120. The van der Waals surface area contributed by atoms with Gasteiger partial charge >= 0.3 is 0 Å². The van der Waals surface area contributed by atoms with Crippen molar-refractivity contribution in [1.29, 1.82) is 0 Å². The van der Waals surface area contributed by atoms with Gasteiger partial charge in [0, 0.05) is 18.3 Å². The molecular weight excluding hydrogens is 242 g/mol. The first-order chi connectivity index (χ1) is 6.74. The van der Waals surface area contributed by atoms with Gasteiger partial charge in [0.1, 0.15) is 0 Å². The van der Waals surface area contributed by atoms with Crippen LogP contribution in [0.15, 0.2) is 24.3 Å². The largest absolute Gasteiger partial charge is 0.352 e. The number of carbonyl (C=O) groups excluding carboxylic acids is 1. The maximum atomic E-state index is 11.2. The van der Waals surface area contributed by atoms with E-state index in [0.717, 1.165) is 0 Å². The third-order valence-electron chi connectivity index (χ3n) is 2.06. The Bertz CT molecular complexity index is 312. The van der Waals surface area contributed by atoms with Crippen molar-refractivity contribution in [2.24, 2.45) is 0 Å². The average molecular weight is 256 g/mol. The SMILES string of the molecule is Cc1ccccc1CNC(=O)CCBr. The number of hydrogen-bond acceptors (Lipinski definition) is 1. The van der Waals surface area contributed by atoms with Crippen LogP contribution in [-0.4, -0.2) is 11.2 Å². The number of hydrogen-bond donors (Lipinski definition) is 1. The molecule has 1 amide bonds. The van der Waals surface area contributed by atoms with Crippen LogP contribution in [0.5, 0.6) is 0 Å². The molecule has 0 heterocycles. The van der Waals surface area contributed by atoms with Gasteiger partial charge in [-0.15, -0.1) is 0 Å². The summed E-state index contributed by atoms with van der Waals surface area (Å²) in [5, 5.41) is 3.59. The van der Waals surface area contributed by atoms with E-state index in [2.05, 4.69) is 21.2 Å². The first-order valence-electron chi connectivity index (χ1n) is 4.61. The number of alkyl halides is 1. The minimum Gasteiger partial charge on any atom is -0.352 e. The maximum absolute atomic E-state index is 11.2. The van der Waals surface area contributed by atoms with Crippen LogP contribution >= 0.6 is 15.9 Å². The van der Waals surface area contributed by atoms with Gasteiger partial charge in [-0.1, -0.05) is 40.2 Å². The predicted molar refractivity (Wildman–Crippen MR) is 61.4 cm³/mol. The molecule has 0 fully saturated rings. The lowest BCUT2D eigenvalue weighted by Gasteiger charge is -2.06. The van der Waals surface area contributed by atoms with Crippen LogP contribution in [0.3, 0.4) is 0 Å². The first-order valence-corrected chi connectivity index (χ1v) is 5.73. The van der Waals surface area contributed by atoms with Crippen molar-refractivity contribution < 1.29 is 4.79 Å². The van der Waals surface area contributed by atoms with E-state index in [4.69, 9.17) is 0 Å². The van der Waals surface area contributed by atoms with E-state index in [1.807, 2.05) is 31.2 Å². The van der Waals surface area contributed by atoms with Gasteiger partial charge in [0.15, 0.2) is 0 Å². The van der Waals surface area contributed by atoms with Gasteiger partial charge in [-0.3, -0.25) is 4.79 Å². The quantitative estimate of drug-likeness (QED) is 0.823. The zero-order valence-corrected chi connectivity index (χ0v) is 9.80. The zero-order chi connectivity index (χ0) is 10.4. The fraction of sp³-hybridized carbons (Fsp3) is 0.364. The van der Waals surface area contributed by atoms with Crippen LogP contribution in [0, 0.1) is 6.92 Å². The summed E-state index contributed by atoms with van der Waals surface area (Å²) in [5.41, 5.74) is 2.39. The molecule has 1 N–H and O–H groups in total. The van der Waals surface area contributed by atoms with Gasteiger partial charge < -0.3 is 5.32 Å². The topological polar surface area (TPSA) is 29.1 Å². The first kappa shape index (κ1) is 11.2. The van der Waals surface area contributed by atoms with Crippen molar-refractivity contribution in [3.05, 3.63) is 35.4 Å². The Morgan fingerprint density at radius 2 is 2.14 bits per heavy atom. The van der Waals surface area contributed by atoms with Crippen molar-refractivity contribution in [2.45, 2.75) is 19.9 Å². The Balaban J connectivity index is 2.46. The number of benzene rings is 1. The second kappa shape index (κ2) is 5.81. The van der Waals surface area contributed by atoms with E-state index < -0.39 is 0 Å². The number of aryl methyl sites for hydroxylation is 1. The summed E-state index contributed by atoms with van der Waals surface area (Å²) in [6.07, 6.45) is 0.534. The maximum Gasteiger partial charge on any atom is 0.221 e. The zero-order valence-electron chi connectivity index (χ0n) is 8.22. The van der Waals surface area contributed by atoms with Crippen LogP contribution in [0.25, 0.3) is 0 Å². The Morgan fingerprint density at radius 3 is 2.79 bits per heavy atom.